The maximum absolute atomic E-state index is 7.06. The number of para-hydroxylation sites is 1. The fraction of sp³-hybridized carbons (Fsp3) is 0.207. The largest absolute Gasteiger partial charge is 0.456 e. The second kappa shape index (κ2) is 15.4. The van der Waals surface area contributed by atoms with Crippen LogP contribution in [-0.2, 0) is 0 Å². The Labute approximate surface area is 362 Å². The van der Waals surface area contributed by atoms with Crippen molar-refractivity contribution in [3.8, 4) is 22.3 Å². The Bertz CT molecular complexity index is 3230. The molecule has 12 rings (SSSR count). The minimum atomic E-state index is 0.473. The van der Waals surface area contributed by atoms with E-state index in [-0.39, 0.29) is 0 Å². The average molecular weight is 808 g/mol. The van der Waals surface area contributed by atoms with Crippen LogP contribution in [0.2, 0.25) is 0 Å². The van der Waals surface area contributed by atoms with Gasteiger partial charge in [-0.2, -0.15) is 0 Å². The fourth-order valence-electron chi connectivity index (χ4n) is 11.0. The summed E-state index contributed by atoms with van der Waals surface area (Å²) in [6.07, 6.45) is 12.7. The van der Waals surface area contributed by atoms with Crippen molar-refractivity contribution in [2.24, 2.45) is 0 Å². The van der Waals surface area contributed by atoms with Crippen LogP contribution >= 0.6 is 11.3 Å². The average Bonchev–Trinajstić information content (AvgIpc) is 3.90. The normalized spacial score (nSPS) is 15.4. The van der Waals surface area contributed by atoms with Gasteiger partial charge in [0.15, 0.2) is 0 Å². The van der Waals surface area contributed by atoms with Crippen LogP contribution in [0.3, 0.4) is 0 Å². The van der Waals surface area contributed by atoms with Crippen molar-refractivity contribution in [2.75, 3.05) is 4.90 Å². The third-order valence-electron chi connectivity index (χ3n) is 14.0. The smallest absolute Gasteiger partial charge is 0.138 e. The SMILES string of the molecule is c1ccc(-c2ccc(N(c3ccc4c(c3)oc3c(C5CCCCC5)cccc34)c3ccc4ccccc4c3-c3ccc4sc5ccccc5c4c3)c(C3CCCCC3)c2)cc1. The molecule has 0 atom stereocenters. The topological polar surface area (TPSA) is 16.4 Å². The van der Waals surface area contributed by atoms with Crippen molar-refractivity contribution < 1.29 is 4.42 Å². The van der Waals surface area contributed by atoms with Crippen molar-refractivity contribution in [3.63, 3.8) is 0 Å². The monoisotopic (exact) mass is 807 g/mol. The van der Waals surface area contributed by atoms with Crippen LogP contribution in [0.15, 0.2) is 168 Å². The second-order valence-corrected chi connectivity index (χ2v) is 18.7. The minimum Gasteiger partial charge on any atom is -0.456 e. The van der Waals surface area contributed by atoms with Gasteiger partial charge in [-0.3, -0.25) is 0 Å². The van der Waals surface area contributed by atoms with Gasteiger partial charge in [-0.05, 0) is 125 Å². The molecule has 10 aromatic rings. The molecule has 8 aromatic carbocycles. The van der Waals surface area contributed by atoms with Gasteiger partial charge in [0, 0.05) is 53.9 Å². The van der Waals surface area contributed by atoms with E-state index in [0.717, 1.165) is 16.9 Å². The molecule has 0 aliphatic heterocycles. The minimum absolute atomic E-state index is 0.473. The summed E-state index contributed by atoms with van der Waals surface area (Å²) in [6, 6.07) is 61.8. The number of furan rings is 1. The highest BCUT2D eigenvalue weighted by molar-refractivity contribution is 7.25. The van der Waals surface area contributed by atoms with E-state index in [1.54, 1.807) is 0 Å². The first kappa shape index (κ1) is 36.7. The third kappa shape index (κ3) is 6.44. The highest BCUT2D eigenvalue weighted by Gasteiger charge is 2.28. The molecule has 0 unspecified atom stereocenters. The molecule has 2 heterocycles. The molecule has 0 radical (unpaired) electrons. The van der Waals surface area contributed by atoms with Crippen LogP contribution < -0.4 is 4.90 Å². The molecule has 0 amide bonds. The zero-order valence-corrected chi connectivity index (χ0v) is 35.4. The highest BCUT2D eigenvalue weighted by atomic mass is 32.1. The summed E-state index contributed by atoms with van der Waals surface area (Å²) in [4.78, 5) is 2.59. The molecule has 0 saturated heterocycles. The number of nitrogens with zero attached hydrogens (tertiary/aromatic N) is 1. The molecule has 0 spiro atoms. The first-order valence-corrected chi connectivity index (χ1v) is 23.4. The first-order chi connectivity index (χ1) is 30.2. The molecule has 2 nitrogen and oxygen atoms in total. The van der Waals surface area contributed by atoms with E-state index >= 15 is 0 Å². The number of hydrogen-bond acceptors (Lipinski definition) is 3. The van der Waals surface area contributed by atoms with Gasteiger partial charge < -0.3 is 9.32 Å². The third-order valence-corrected chi connectivity index (χ3v) is 15.2. The molecule has 3 heteroatoms. The Morgan fingerprint density at radius 1 is 0.426 bits per heavy atom. The molecule has 298 valence electrons. The summed E-state index contributed by atoms with van der Waals surface area (Å²) < 4.78 is 9.71. The Hall–Kier alpha value is -6.16. The molecular formula is C58H49NOS. The molecule has 0 N–H and O–H groups in total. The molecule has 2 aromatic heterocycles. The molecule has 2 fully saturated rings. The van der Waals surface area contributed by atoms with Gasteiger partial charge in [0.2, 0.25) is 0 Å². The van der Waals surface area contributed by atoms with Crippen molar-refractivity contribution >= 4 is 81.3 Å². The van der Waals surface area contributed by atoms with Crippen LogP contribution in [0.5, 0.6) is 0 Å². The van der Waals surface area contributed by atoms with E-state index in [9.17, 15) is 0 Å². The summed E-state index contributed by atoms with van der Waals surface area (Å²) in [6.45, 7) is 0. The van der Waals surface area contributed by atoms with E-state index in [0.29, 0.717) is 11.8 Å². The molecule has 61 heavy (non-hydrogen) atoms. The van der Waals surface area contributed by atoms with E-state index < -0.39 is 0 Å². The summed E-state index contributed by atoms with van der Waals surface area (Å²) >= 11 is 1.88. The Morgan fingerprint density at radius 2 is 1.11 bits per heavy atom. The van der Waals surface area contributed by atoms with E-state index in [4.69, 9.17) is 4.42 Å². The van der Waals surface area contributed by atoms with Gasteiger partial charge in [-0.15, -0.1) is 11.3 Å². The van der Waals surface area contributed by atoms with Crippen LogP contribution in [0.4, 0.5) is 17.1 Å². The summed E-state index contributed by atoms with van der Waals surface area (Å²) in [7, 11) is 0. The molecular weight excluding hydrogens is 759 g/mol. The lowest BCUT2D eigenvalue weighted by atomic mass is 9.81. The van der Waals surface area contributed by atoms with E-state index in [2.05, 4.69) is 169 Å². The quantitative estimate of drug-likeness (QED) is 0.159. The zero-order chi connectivity index (χ0) is 40.3. The fourth-order valence-corrected chi connectivity index (χ4v) is 12.1. The number of thiophene rings is 1. The van der Waals surface area contributed by atoms with Gasteiger partial charge in [-0.25, -0.2) is 0 Å². The van der Waals surface area contributed by atoms with Crippen molar-refractivity contribution in [1.29, 1.82) is 0 Å². The Kier molecular flexibility index (Phi) is 9.25. The molecule has 2 aliphatic carbocycles. The summed E-state index contributed by atoms with van der Waals surface area (Å²) in [5.41, 5.74) is 13.4. The summed E-state index contributed by atoms with van der Waals surface area (Å²) in [5.74, 6) is 1.04. The number of fused-ring (bicyclic) bond motifs is 7. The number of anilines is 3. The van der Waals surface area contributed by atoms with Gasteiger partial charge in [0.05, 0.1) is 5.69 Å². The van der Waals surface area contributed by atoms with Crippen LogP contribution in [0, 0.1) is 0 Å². The Morgan fingerprint density at radius 3 is 1.95 bits per heavy atom. The second-order valence-electron chi connectivity index (χ2n) is 17.6. The predicted octanol–water partition coefficient (Wildman–Crippen LogP) is 18.0. The predicted molar refractivity (Wildman–Crippen MR) is 261 cm³/mol. The highest BCUT2D eigenvalue weighted by Crippen LogP contribution is 2.51. The first-order valence-electron chi connectivity index (χ1n) is 22.6. The molecule has 2 saturated carbocycles. The van der Waals surface area contributed by atoms with Crippen molar-refractivity contribution in [1.82, 2.24) is 0 Å². The van der Waals surface area contributed by atoms with Crippen LogP contribution in [0.1, 0.15) is 87.2 Å². The van der Waals surface area contributed by atoms with Gasteiger partial charge in [0.1, 0.15) is 11.2 Å². The van der Waals surface area contributed by atoms with E-state index in [1.165, 1.54) is 151 Å². The lowest BCUT2D eigenvalue weighted by molar-refractivity contribution is 0.442. The maximum atomic E-state index is 7.06. The molecule has 2 aliphatic rings. The van der Waals surface area contributed by atoms with Gasteiger partial charge >= 0.3 is 0 Å². The van der Waals surface area contributed by atoms with E-state index in [1.807, 2.05) is 11.3 Å². The number of benzene rings is 8. The van der Waals surface area contributed by atoms with Crippen molar-refractivity contribution in [3.05, 3.63) is 175 Å². The lowest BCUT2D eigenvalue weighted by Gasteiger charge is -2.33. The van der Waals surface area contributed by atoms with Gasteiger partial charge in [0.25, 0.3) is 0 Å². The number of hydrogen-bond donors (Lipinski definition) is 0. The zero-order valence-electron chi connectivity index (χ0n) is 34.6. The molecule has 0 bridgehead atoms. The number of rotatable bonds is 7. The van der Waals surface area contributed by atoms with Crippen molar-refractivity contribution in [2.45, 2.75) is 76.0 Å². The maximum Gasteiger partial charge on any atom is 0.138 e. The Balaban J connectivity index is 1.13. The summed E-state index contributed by atoms with van der Waals surface area (Å²) in [5, 5.41) is 7.56. The van der Waals surface area contributed by atoms with Crippen LogP contribution in [-0.4, -0.2) is 0 Å². The van der Waals surface area contributed by atoms with Gasteiger partial charge in [-0.1, -0.05) is 148 Å². The van der Waals surface area contributed by atoms with Crippen LogP contribution in [0.25, 0.3) is 75.1 Å². The lowest BCUT2D eigenvalue weighted by Crippen LogP contribution is -2.16. The standard InChI is InChI=1S/C58H49NOS/c1-4-15-38(16-5-1)42-28-32-52(50(35-42)40-19-8-3-9-20-40)59(44-30-31-47-49-25-14-24-46(39-17-6-2-7-18-39)58(49)60-54(47)37-44)53-33-27-41-21-10-11-22-45(41)57(53)43-29-34-56-51(36-43)48-23-12-13-26-55(48)61-56/h1,4-5,10-16,21-37,39-40H,2-3,6-9,17-20H2.